The molecular formula is C15H20ClN3O. The minimum Gasteiger partial charge on any atom is -0.388 e. The number of nitrogens with zero attached hydrogens (tertiary/aromatic N) is 3. The molecule has 0 aromatic carbocycles. The minimum atomic E-state index is -0.627. The van der Waals surface area contributed by atoms with Gasteiger partial charge in [0, 0.05) is 43.0 Å². The Hall–Kier alpha value is -1.39. The van der Waals surface area contributed by atoms with Gasteiger partial charge in [0.2, 0.25) is 0 Å². The van der Waals surface area contributed by atoms with Crippen LogP contribution in [-0.2, 0) is 18.9 Å². The summed E-state index contributed by atoms with van der Waals surface area (Å²) in [5.41, 5.74) is 2.54. The lowest BCUT2D eigenvalue weighted by molar-refractivity contribution is 0.176. The third kappa shape index (κ3) is 3.19. The number of aliphatic hydroxyl groups is 1. The summed E-state index contributed by atoms with van der Waals surface area (Å²) in [5, 5.41) is 15.6. The van der Waals surface area contributed by atoms with Gasteiger partial charge in [0.1, 0.15) is 0 Å². The van der Waals surface area contributed by atoms with Gasteiger partial charge in [-0.05, 0) is 11.6 Å². The SMILES string of the molecule is Cn1cc(C(O)Cc2ccncc2Cl)c(C(C)(C)C)n1. The zero-order chi connectivity index (χ0) is 14.9. The molecule has 2 heterocycles. The van der Waals surface area contributed by atoms with Gasteiger partial charge in [-0.25, -0.2) is 0 Å². The van der Waals surface area contributed by atoms with Gasteiger partial charge >= 0.3 is 0 Å². The fourth-order valence-corrected chi connectivity index (χ4v) is 2.42. The maximum absolute atomic E-state index is 10.5. The molecule has 2 aromatic rings. The van der Waals surface area contributed by atoms with Crippen LogP contribution in [0.5, 0.6) is 0 Å². The van der Waals surface area contributed by atoms with Crippen LogP contribution in [0.3, 0.4) is 0 Å². The Balaban J connectivity index is 2.30. The van der Waals surface area contributed by atoms with E-state index in [1.165, 1.54) is 0 Å². The van der Waals surface area contributed by atoms with Crippen LogP contribution >= 0.6 is 11.6 Å². The Morgan fingerprint density at radius 1 is 1.40 bits per heavy atom. The van der Waals surface area contributed by atoms with Crippen LogP contribution in [-0.4, -0.2) is 19.9 Å². The molecule has 2 aromatic heterocycles. The first kappa shape index (κ1) is 15.0. The van der Waals surface area contributed by atoms with Crippen LogP contribution in [0.25, 0.3) is 0 Å². The monoisotopic (exact) mass is 293 g/mol. The molecule has 0 aliphatic heterocycles. The predicted molar refractivity (Wildman–Crippen MR) is 79.8 cm³/mol. The number of hydrogen-bond donors (Lipinski definition) is 1. The normalized spacial score (nSPS) is 13.5. The average molecular weight is 294 g/mol. The Kier molecular flexibility index (Phi) is 4.16. The lowest BCUT2D eigenvalue weighted by atomic mass is 9.87. The number of pyridine rings is 1. The van der Waals surface area contributed by atoms with Gasteiger partial charge in [-0.15, -0.1) is 0 Å². The summed E-state index contributed by atoms with van der Waals surface area (Å²) < 4.78 is 1.74. The molecule has 20 heavy (non-hydrogen) atoms. The van der Waals surface area contributed by atoms with Gasteiger partial charge in [-0.3, -0.25) is 9.67 Å². The first-order valence-electron chi connectivity index (χ1n) is 6.59. The molecule has 0 spiro atoms. The Morgan fingerprint density at radius 3 is 2.70 bits per heavy atom. The second-order valence-electron chi connectivity index (χ2n) is 6.04. The van der Waals surface area contributed by atoms with Crippen molar-refractivity contribution in [3.63, 3.8) is 0 Å². The van der Waals surface area contributed by atoms with Gasteiger partial charge in [-0.2, -0.15) is 5.10 Å². The average Bonchev–Trinajstić information content (AvgIpc) is 2.74. The van der Waals surface area contributed by atoms with Crippen molar-refractivity contribution in [2.45, 2.75) is 38.7 Å². The summed E-state index contributed by atoms with van der Waals surface area (Å²) >= 11 is 6.10. The molecule has 0 saturated heterocycles. The first-order valence-corrected chi connectivity index (χ1v) is 6.97. The van der Waals surface area contributed by atoms with Crippen LogP contribution in [0.1, 0.15) is 43.7 Å². The number of halogens is 1. The number of aromatic nitrogens is 3. The van der Waals surface area contributed by atoms with Crippen molar-refractivity contribution in [2.24, 2.45) is 7.05 Å². The molecule has 1 unspecified atom stereocenters. The molecule has 5 heteroatoms. The first-order chi connectivity index (χ1) is 9.29. The van der Waals surface area contributed by atoms with Crippen molar-refractivity contribution >= 4 is 11.6 Å². The number of aryl methyl sites for hydroxylation is 1. The standard InChI is InChI=1S/C15H20ClN3O/c1-15(2,3)14-11(9-19(4)18-14)13(20)7-10-5-6-17-8-12(10)16/h5-6,8-9,13,20H,7H2,1-4H3. The van der Waals surface area contributed by atoms with Crippen molar-refractivity contribution < 1.29 is 5.11 Å². The smallest absolute Gasteiger partial charge is 0.0864 e. The Bertz CT molecular complexity index is 601. The van der Waals surface area contributed by atoms with Crippen LogP contribution in [0.15, 0.2) is 24.7 Å². The summed E-state index contributed by atoms with van der Waals surface area (Å²) in [7, 11) is 1.87. The number of aliphatic hydroxyl groups excluding tert-OH is 1. The van der Waals surface area contributed by atoms with E-state index in [1.54, 1.807) is 17.1 Å². The lowest BCUT2D eigenvalue weighted by Gasteiger charge is -2.20. The molecule has 2 rings (SSSR count). The molecule has 0 amide bonds. The summed E-state index contributed by atoms with van der Waals surface area (Å²) in [5.74, 6) is 0. The highest BCUT2D eigenvalue weighted by Gasteiger charge is 2.26. The fraction of sp³-hybridized carbons (Fsp3) is 0.467. The van der Waals surface area contributed by atoms with Crippen LogP contribution in [0.4, 0.5) is 0 Å². The highest BCUT2D eigenvalue weighted by Crippen LogP contribution is 2.30. The molecule has 0 saturated carbocycles. The van der Waals surface area contributed by atoms with E-state index < -0.39 is 6.10 Å². The summed E-state index contributed by atoms with van der Waals surface area (Å²) in [4.78, 5) is 3.96. The summed E-state index contributed by atoms with van der Waals surface area (Å²) in [6.45, 7) is 6.26. The van der Waals surface area contributed by atoms with E-state index in [9.17, 15) is 5.11 Å². The molecule has 0 fully saturated rings. The maximum atomic E-state index is 10.5. The van der Waals surface area contributed by atoms with E-state index in [0.29, 0.717) is 11.4 Å². The quantitative estimate of drug-likeness (QED) is 0.946. The van der Waals surface area contributed by atoms with Crippen LogP contribution in [0.2, 0.25) is 5.02 Å². The van der Waals surface area contributed by atoms with Gasteiger partial charge in [-0.1, -0.05) is 32.4 Å². The fourth-order valence-electron chi connectivity index (χ4n) is 2.22. The molecule has 0 aliphatic carbocycles. The van der Waals surface area contributed by atoms with E-state index in [-0.39, 0.29) is 5.41 Å². The van der Waals surface area contributed by atoms with E-state index in [4.69, 9.17) is 11.6 Å². The highest BCUT2D eigenvalue weighted by atomic mass is 35.5. The zero-order valence-corrected chi connectivity index (χ0v) is 13.0. The number of rotatable bonds is 3. The number of hydrogen-bond acceptors (Lipinski definition) is 3. The van der Waals surface area contributed by atoms with Crippen molar-refractivity contribution in [1.29, 1.82) is 0 Å². The molecule has 0 aliphatic rings. The van der Waals surface area contributed by atoms with E-state index in [2.05, 4.69) is 30.9 Å². The second-order valence-corrected chi connectivity index (χ2v) is 6.45. The molecule has 4 nitrogen and oxygen atoms in total. The minimum absolute atomic E-state index is 0.111. The van der Waals surface area contributed by atoms with Crippen molar-refractivity contribution in [1.82, 2.24) is 14.8 Å². The third-order valence-electron chi connectivity index (χ3n) is 3.20. The largest absolute Gasteiger partial charge is 0.388 e. The van der Waals surface area contributed by atoms with Gasteiger partial charge in [0.15, 0.2) is 0 Å². The van der Waals surface area contributed by atoms with E-state index >= 15 is 0 Å². The van der Waals surface area contributed by atoms with E-state index in [1.807, 2.05) is 19.3 Å². The van der Waals surface area contributed by atoms with Crippen LogP contribution < -0.4 is 0 Å². The Labute approximate surface area is 124 Å². The van der Waals surface area contributed by atoms with Crippen molar-refractivity contribution in [3.8, 4) is 0 Å². The molecule has 0 bridgehead atoms. The van der Waals surface area contributed by atoms with Crippen molar-refractivity contribution in [2.75, 3.05) is 0 Å². The molecule has 1 N–H and O–H groups in total. The van der Waals surface area contributed by atoms with Crippen LogP contribution in [0, 0.1) is 0 Å². The van der Waals surface area contributed by atoms with Gasteiger partial charge in [0.25, 0.3) is 0 Å². The van der Waals surface area contributed by atoms with Gasteiger partial charge < -0.3 is 5.11 Å². The third-order valence-corrected chi connectivity index (χ3v) is 3.54. The zero-order valence-electron chi connectivity index (χ0n) is 12.3. The summed E-state index contributed by atoms with van der Waals surface area (Å²) in [6, 6.07) is 1.83. The summed E-state index contributed by atoms with van der Waals surface area (Å²) in [6.07, 6.45) is 4.98. The maximum Gasteiger partial charge on any atom is 0.0864 e. The predicted octanol–water partition coefficient (Wildman–Crippen LogP) is 3.04. The Morgan fingerprint density at radius 2 is 2.10 bits per heavy atom. The molecule has 108 valence electrons. The molecular weight excluding hydrogens is 274 g/mol. The van der Waals surface area contributed by atoms with Crippen molar-refractivity contribution in [3.05, 3.63) is 46.5 Å². The van der Waals surface area contributed by atoms with Gasteiger partial charge in [0.05, 0.1) is 16.8 Å². The topological polar surface area (TPSA) is 50.9 Å². The molecule has 1 atom stereocenters. The lowest BCUT2D eigenvalue weighted by Crippen LogP contribution is -2.17. The van der Waals surface area contributed by atoms with E-state index in [0.717, 1.165) is 16.8 Å². The second kappa shape index (κ2) is 5.54. The molecule has 0 radical (unpaired) electrons. The highest BCUT2D eigenvalue weighted by molar-refractivity contribution is 6.31.